The molecule has 0 amide bonds. The average Bonchev–Trinajstić information content (AvgIpc) is 2.68. The van der Waals surface area contributed by atoms with E-state index in [-0.39, 0.29) is 23.7 Å². The number of esters is 1. The largest absolute Gasteiger partial charge is 0.508 e. The van der Waals surface area contributed by atoms with Crippen LogP contribution in [0.1, 0.15) is 91.2 Å². The molecule has 0 spiro atoms. The van der Waals surface area contributed by atoms with Crippen LogP contribution in [0.2, 0.25) is 0 Å². The van der Waals surface area contributed by atoms with E-state index in [4.69, 9.17) is 9.47 Å². The quantitative estimate of drug-likeness (QED) is 0.187. The summed E-state index contributed by atoms with van der Waals surface area (Å²) in [6, 6.07) is 3.62. The maximum absolute atomic E-state index is 12.6. The molecule has 0 bridgehead atoms. The van der Waals surface area contributed by atoms with Gasteiger partial charge in [-0.2, -0.15) is 0 Å². The Morgan fingerprint density at radius 3 is 2.53 bits per heavy atom. The zero-order valence-electron chi connectivity index (χ0n) is 19.7. The molecule has 0 heterocycles. The predicted octanol–water partition coefficient (Wildman–Crippen LogP) is 7.03. The Morgan fingerprint density at radius 1 is 1.30 bits per heavy atom. The van der Waals surface area contributed by atoms with E-state index < -0.39 is 5.41 Å². The summed E-state index contributed by atoms with van der Waals surface area (Å²) in [5.41, 5.74) is 2.02. The van der Waals surface area contributed by atoms with Crippen LogP contribution in [0.25, 0.3) is 0 Å². The Hall–Kier alpha value is -1.49. The second kappa shape index (κ2) is 12.4. The molecular formula is C25H39BrO4. The Morgan fingerprint density at radius 2 is 1.97 bits per heavy atom. The predicted molar refractivity (Wildman–Crippen MR) is 128 cm³/mol. The fourth-order valence-corrected chi connectivity index (χ4v) is 3.83. The van der Waals surface area contributed by atoms with E-state index in [0.29, 0.717) is 17.9 Å². The number of carbonyl (C=O) groups excluding carboxylic acids is 1. The number of phenols is 1. The van der Waals surface area contributed by atoms with Crippen molar-refractivity contribution < 1.29 is 19.4 Å². The first-order chi connectivity index (χ1) is 14.2. The van der Waals surface area contributed by atoms with Gasteiger partial charge in [-0.05, 0) is 83.9 Å². The summed E-state index contributed by atoms with van der Waals surface area (Å²) < 4.78 is 11.5. The fourth-order valence-electron chi connectivity index (χ4n) is 3.60. The molecule has 0 radical (unpaired) electrons. The second-order valence-corrected chi connectivity index (χ2v) is 9.20. The molecule has 5 heteroatoms. The van der Waals surface area contributed by atoms with Gasteiger partial charge in [0.2, 0.25) is 0 Å². The molecule has 1 unspecified atom stereocenters. The Labute approximate surface area is 191 Å². The lowest BCUT2D eigenvalue weighted by Gasteiger charge is -2.29. The first-order valence-corrected chi connectivity index (χ1v) is 12.2. The summed E-state index contributed by atoms with van der Waals surface area (Å²) in [7, 11) is 0. The molecule has 30 heavy (non-hydrogen) atoms. The van der Waals surface area contributed by atoms with E-state index in [9.17, 15) is 9.90 Å². The smallest absolute Gasteiger partial charge is 0.315 e. The van der Waals surface area contributed by atoms with Crippen LogP contribution < -0.4 is 4.74 Å². The minimum absolute atomic E-state index is 0.0253. The van der Waals surface area contributed by atoms with Gasteiger partial charge in [-0.25, -0.2) is 0 Å². The van der Waals surface area contributed by atoms with Crippen LogP contribution in [0.4, 0.5) is 0 Å². The molecule has 0 aromatic heterocycles. The van der Waals surface area contributed by atoms with E-state index in [1.54, 1.807) is 6.07 Å². The van der Waals surface area contributed by atoms with Crippen LogP contribution in [0.3, 0.4) is 0 Å². The maximum atomic E-state index is 12.6. The molecule has 1 aliphatic carbocycles. The van der Waals surface area contributed by atoms with Crippen LogP contribution in [0.5, 0.6) is 11.5 Å². The highest BCUT2D eigenvalue weighted by Gasteiger charge is 2.34. The molecule has 0 saturated carbocycles. The molecule has 0 saturated heterocycles. The minimum atomic E-state index is -0.875. The normalized spacial score (nSPS) is 16.4. The number of rotatable bonds is 8. The van der Waals surface area contributed by atoms with Gasteiger partial charge in [0.1, 0.15) is 11.5 Å². The SMILES string of the molecule is CC.CC1=CCCC(c2c(O)cc(C(C)(C)C(=O)OCCCBr)cc2OC(C)C)C1. The van der Waals surface area contributed by atoms with E-state index in [0.717, 1.165) is 36.6 Å². The Kier molecular flexibility index (Phi) is 11.0. The van der Waals surface area contributed by atoms with Crippen molar-refractivity contribution in [3.63, 3.8) is 0 Å². The molecule has 0 aliphatic heterocycles. The van der Waals surface area contributed by atoms with Crippen LogP contribution in [0.15, 0.2) is 23.8 Å². The van der Waals surface area contributed by atoms with E-state index >= 15 is 0 Å². The minimum Gasteiger partial charge on any atom is -0.508 e. The lowest BCUT2D eigenvalue weighted by Crippen LogP contribution is -2.31. The second-order valence-electron chi connectivity index (χ2n) is 8.41. The number of benzene rings is 1. The molecule has 4 nitrogen and oxygen atoms in total. The molecule has 1 aliphatic rings. The number of allylic oxidation sites excluding steroid dienone is 2. The molecule has 170 valence electrons. The first kappa shape index (κ1) is 26.5. The zero-order chi connectivity index (χ0) is 22.9. The van der Waals surface area contributed by atoms with Gasteiger partial charge in [-0.3, -0.25) is 4.79 Å². The monoisotopic (exact) mass is 482 g/mol. The molecular weight excluding hydrogens is 444 g/mol. The summed E-state index contributed by atoms with van der Waals surface area (Å²) >= 11 is 3.34. The summed E-state index contributed by atoms with van der Waals surface area (Å²) in [5.74, 6) is 0.801. The summed E-state index contributed by atoms with van der Waals surface area (Å²) in [4.78, 5) is 12.6. The van der Waals surface area contributed by atoms with Crippen molar-refractivity contribution in [3.05, 3.63) is 34.9 Å². The Balaban J connectivity index is 0.00000218. The van der Waals surface area contributed by atoms with E-state index in [2.05, 4.69) is 28.9 Å². The van der Waals surface area contributed by atoms with Gasteiger partial charge in [0, 0.05) is 10.9 Å². The van der Waals surface area contributed by atoms with Crippen LogP contribution in [-0.4, -0.2) is 29.1 Å². The topological polar surface area (TPSA) is 55.8 Å². The average molecular weight is 483 g/mol. The highest BCUT2D eigenvalue weighted by atomic mass is 79.9. The number of aromatic hydroxyl groups is 1. The third kappa shape index (κ3) is 7.04. The van der Waals surface area contributed by atoms with Crippen molar-refractivity contribution >= 4 is 21.9 Å². The fraction of sp³-hybridized carbons (Fsp3) is 0.640. The molecule has 0 fully saturated rings. The molecule has 1 aromatic rings. The number of hydrogen-bond acceptors (Lipinski definition) is 4. The molecule has 1 aromatic carbocycles. The highest BCUT2D eigenvalue weighted by Crippen LogP contribution is 2.45. The van der Waals surface area contributed by atoms with Gasteiger partial charge < -0.3 is 14.6 Å². The number of phenolic OH excluding ortho intramolecular Hbond substituents is 1. The van der Waals surface area contributed by atoms with Crippen molar-refractivity contribution in [1.82, 2.24) is 0 Å². The first-order valence-electron chi connectivity index (χ1n) is 11.1. The van der Waals surface area contributed by atoms with Crippen LogP contribution in [-0.2, 0) is 14.9 Å². The van der Waals surface area contributed by atoms with Crippen LogP contribution >= 0.6 is 15.9 Å². The standard InChI is InChI=1S/C23H33BrO4.C2H6/c1-15(2)28-20-14-18(23(4,5)22(26)27-11-7-10-24)13-19(25)21(20)17-9-6-8-16(3)12-17;1-2/h8,13-15,17,25H,6-7,9-12H2,1-5H3;1-2H3. The third-order valence-electron chi connectivity index (χ3n) is 5.21. The number of carbonyl (C=O) groups is 1. The zero-order valence-corrected chi connectivity index (χ0v) is 21.3. The summed E-state index contributed by atoms with van der Waals surface area (Å²) in [6.07, 6.45) is 5.90. The number of hydrogen-bond donors (Lipinski definition) is 1. The number of halogens is 1. The van der Waals surface area contributed by atoms with E-state index in [1.165, 1.54) is 5.57 Å². The van der Waals surface area contributed by atoms with Gasteiger partial charge in [0.15, 0.2) is 0 Å². The van der Waals surface area contributed by atoms with E-state index in [1.807, 2.05) is 47.6 Å². The lowest BCUT2D eigenvalue weighted by molar-refractivity contribution is -0.149. The summed E-state index contributed by atoms with van der Waals surface area (Å²) in [6.45, 7) is 14.1. The number of alkyl halides is 1. The lowest BCUT2D eigenvalue weighted by atomic mass is 9.79. The van der Waals surface area contributed by atoms with Gasteiger partial charge in [-0.1, -0.05) is 41.4 Å². The van der Waals surface area contributed by atoms with Crippen molar-refractivity contribution in [3.8, 4) is 11.5 Å². The molecule has 1 N–H and O–H groups in total. The molecule has 2 rings (SSSR count). The van der Waals surface area contributed by atoms with Crippen molar-refractivity contribution in [2.45, 2.75) is 91.6 Å². The number of ether oxygens (including phenoxy) is 2. The van der Waals surface area contributed by atoms with Crippen molar-refractivity contribution in [1.29, 1.82) is 0 Å². The van der Waals surface area contributed by atoms with Crippen molar-refractivity contribution in [2.75, 3.05) is 11.9 Å². The third-order valence-corrected chi connectivity index (χ3v) is 5.77. The Bertz CT molecular complexity index is 722. The van der Waals surface area contributed by atoms with Gasteiger partial charge in [0.05, 0.1) is 18.1 Å². The van der Waals surface area contributed by atoms with Gasteiger partial charge >= 0.3 is 5.97 Å². The van der Waals surface area contributed by atoms with Crippen molar-refractivity contribution in [2.24, 2.45) is 0 Å². The van der Waals surface area contributed by atoms with Gasteiger partial charge in [-0.15, -0.1) is 0 Å². The summed E-state index contributed by atoms with van der Waals surface area (Å²) in [5, 5.41) is 11.7. The maximum Gasteiger partial charge on any atom is 0.315 e. The van der Waals surface area contributed by atoms with Gasteiger partial charge in [0.25, 0.3) is 0 Å². The highest BCUT2D eigenvalue weighted by molar-refractivity contribution is 9.09. The van der Waals surface area contributed by atoms with Crippen LogP contribution in [0, 0.1) is 0 Å². The molecule has 1 atom stereocenters.